The molecule has 0 radical (unpaired) electrons. The van der Waals surface area contributed by atoms with Crippen LogP contribution >= 0.6 is 11.8 Å². The van der Waals surface area contributed by atoms with Crippen molar-refractivity contribution in [1.29, 1.82) is 0 Å². The first-order valence-electron chi connectivity index (χ1n) is 11.6. The van der Waals surface area contributed by atoms with Crippen LogP contribution < -0.4 is 16.4 Å². The molecule has 4 atom stereocenters. The van der Waals surface area contributed by atoms with Gasteiger partial charge in [-0.2, -0.15) is 0 Å². The van der Waals surface area contributed by atoms with Gasteiger partial charge in [0.15, 0.2) is 5.65 Å². The molecule has 4 heterocycles. The number of thioether (sulfide) groups is 1. The van der Waals surface area contributed by atoms with Crippen molar-refractivity contribution in [3.63, 3.8) is 0 Å². The molecule has 38 heavy (non-hydrogen) atoms. The van der Waals surface area contributed by atoms with Gasteiger partial charge in [0.25, 0.3) is 5.91 Å². The molecule has 2 saturated heterocycles. The number of benzene rings is 1. The molecule has 0 spiro atoms. The molecule has 0 bridgehead atoms. The van der Waals surface area contributed by atoms with Gasteiger partial charge in [-0.25, -0.2) is 14.8 Å². The monoisotopic (exact) mass is 536 g/mol. The molecule has 196 valence electrons. The van der Waals surface area contributed by atoms with Crippen LogP contribution in [0.2, 0.25) is 0 Å². The van der Waals surface area contributed by atoms with Crippen LogP contribution in [0.4, 0.5) is 5.69 Å². The number of carboxylic acids is 1. The summed E-state index contributed by atoms with van der Waals surface area (Å²) in [4.78, 5) is 60.9. The summed E-state index contributed by atoms with van der Waals surface area (Å²) in [6.07, 6.45) is 2.81. The van der Waals surface area contributed by atoms with E-state index in [2.05, 4.69) is 20.6 Å². The van der Waals surface area contributed by atoms with E-state index in [9.17, 15) is 29.4 Å². The predicted molar refractivity (Wildman–Crippen MR) is 138 cm³/mol. The summed E-state index contributed by atoms with van der Waals surface area (Å²) in [6, 6.07) is 5.74. The number of nitrogen functional groups attached to an aromatic ring is 1. The maximum Gasteiger partial charge on any atom is 0.327 e. The number of pyridine rings is 2. The van der Waals surface area contributed by atoms with Crippen molar-refractivity contribution in [1.82, 2.24) is 25.5 Å². The van der Waals surface area contributed by atoms with E-state index in [1.807, 2.05) is 0 Å². The molecule has 3 aromatic rings. The third-order valence-electron chi connectivity index (χ3n) is 6.66. The van der Waals surface area contributed by atoms with E-state index in [0.29, 0.717) is 16.6 Å². The minimum atomic E-state index is -1.26. The van der Waals surface area contributed by atoms with Gasteiger partial charge in [0.1, 0.15) is 29.2 Å². The van der Waals surface area contributed by atoms with E-state index in [0.717, 1.165) is 0 Å². The maximum atomic E-state index is 13.5. The van der Waals surface area contributed by atoms with E-state index in [1.165, 1.54) is 47.1 Å². The molecule has 12 nitrogen and oxygen atoms in total. The minimum absolute atomic E-state index is 0.0328. The number of aliphatic carboxylic acids is 1. The smallest absolute Gasteiger partial charge is 0.327 e. The van der Waals surface area contributed by atoms with Crippen molar-refractivity contribution in [2.24, 2.45) is 0 Å². The van der Waals surface area contributed by atoms with Gasteiger partial charge in [0.2, 0.25) is 11.8 Å². The number of phenols is 1. The Morgan fingerprint density at radius 2 is 1.87 bits per heavy atom. The lowest BCUT2D eigenvalue weighted by molar-refractivity contribution is -0.161. The second kappa shape index (κ2) is 9.17. The summed E-state index contributed by atoms with van der Waals surface area (Å²) in [5.74, 6) is -3.04. The summed E-state index contributed by atoms with van der Waals surface area (Å²) in [6.45, 7) is 3.47. The minimum Gasteiger partial charge on any atom is -0.508 e. The molecular formula is C25H24N6O6S. The number of aromatic hydroxyl groups is 1. The highest BCUT2D eigenvalue weighted by molar-refractivity contribution is 8.01. The number of amides is 3. The van der Waals surface area contributed by atoms with Crippen LogP contribution in [0.15, 0.2) is 48.8 Å². The quantitative estimate of drug-likeness (QED) is 0.285. The number of hydrogen-bond donors (Lipinski definition) is 5. The summed E-state index contributed by atoms with van der Waals surface area (Å²) >= 11 is 1.29. The molecule has 2 fully saturated rings. The normalized spacial score (nSPS) is 22.3. The third-order valence-corrected chi connectivity index (χ3v) is 8.24. The average molecular weight is 537 g/mol. The number of aromatic nitrogens is 2. The van der Waals surface area contributed by atoms with Gasteiger partial charge in [0, 0.05) is 22.5 Å². The van der Waals surface area contributed by atoms with Gasteiger partial charge >= 0.3 is 5.97 Å². The zero-order valence-electron chi connectivity index (χ0n) is 20.3. The SMILES string of the molecule is CC1(C)S[C@@H]2C(NC(=O)C(NC(=O)c3cnc4ncccc4c3N)c3ccc(O)cc3)C(=O)N2[C@H]1C(=O)O. The number of carbonyl (C=O) groups is 4. The average Bonchev–Trinajstić information content (AvgIpc) is 3.14. The highest BCUT2D eigenvalue weighted by Crippen LogP contribution is 2.50. The number of hydrogen-bond acceptors (Lipinski definition) is 9. The van der Waals surface area contributed by atoms with Crippen molar-refractivity contribution in [3.05, 3.63) is 59.9 Å². The summed E-state index contributed by atoms with van der Waals surface area (Å²) in [5.41, 5.74) is 7.08. The fourth-order valence-electron chi connectivity index (χ4n) is 4.79. The Morgan fingerprint density at radius 1 is 1.16 bits per heavy atom. The molecule has 2 aromatic heterocycles. The molecule has 2 unspecified atom stereocenters. The van der Waals surface area contributed by atoms with Gasteiger partial charge in [-0.15, -0.1) is 11.8 Å². The number of nitrogens with zero attached hydrogens (tertiary/aromatic N) is 3. The fraction of sp³-hybridized carbons (Fsp3) is 0.280. The molecular weight excluding hydrogens is 512 g/mol. The number of anilines is 1. The standard InChI is InChI=1S/C25H24N6O6S/c1-25(2)18(24(36)37)31-22(35)17(23(31)38-25)30-21(34)16(11-5-7-12(32)8-6-11)29-20(33)14-10-28-19-13(15(14)26)4-3-9-27-19/h3-10,16-18,23,32H,1-2H3,(H,29,33)(H,30,34)(H,36,37)(H2,26,27,28)/t16?,17?,18-,23+/m0/s1. The second-order valence-electron chi connectivity index (χ2n) is 9.54. The topological polar surface area (TPSA) is 188 Å². The number of phenolic OH excluding ortho intramolecular Hbond substituents is 1. The molecule has 2 aliphatic rings. The lowest BCUT2D eigenvalue weighted by Crippen LogP contribution is -2.71. The van der Waals surface area contributed by atoms with Crippen molar-refractivity contribution in [2.75, 3.05) is 5.73 Å². The number of nitrogens with two attached hydrogens (primary N) is 1. The van der Waals surface area contributed by atoms with E-state index in [-0.39, 0.29) is 17.0 Å². The van der Waals surface area contributed by atoms with Gasteiger partial charge in [0.05, 0.1) is 11.3 Å². The van der Waals surface area contributed by atoms with Crippen LogP contribution in [0.3, 0.4) is 0 Å². The Morgan fingerprint density at radius 3 is 2.55 bits per heavy atom. The number of nitrogens with one attached hydrogen (secondary N) is 2. The van der Waals surface area contributed by atoms with Gasteiger partial charge in [-0.05, 0) is 43.7 Å². The summed E-state index contributed by atoms with van der Waals surface area (Å²) in [5, 5.41) is 24.6. The number of β-lactam (4-membered cyclic amide) rings is 1. The van der Waals surface area contributed by atoms with E-state index >= 15 is 0 Å². The molecule has 0 saturated carbocycles. The number of carboxylic acid groups (broad SMARTS) is 1. The Hall–Kier alpha value is -4.39. The first-order chi connectivity index (χ1) is 18.0. The maximum absolute atomic E-state index is 13.5. The highest BCUT2D eigenvalue weighted by atomic mass is 32.2. The van der Waals surface area contributed by atoms with E-state index < -0.39 is 51.9 Å². The van der Waals surface area contributed by atoms with Crippen molar-refractivity contribution in [3.8, 4) is 5.75 Å². The third kappa shape index (κ3) is 4.14. The van der Waals surface area contributed by atoms with Crippen LogP contribution in [0.25, 0.3) is 11.0 Å². The molecule has 3 amide bonds. The van der Waals surface area contributed by atoms with Crippen LogP contribution in [0.1, 0.15) is 35.8 Å². The molecule has 6 N–H and O–H groups in total. The first kappa shape index (κ1) is 25.3. The first-order valence-corrected chi connectivity index (χ1v) is 12.5. The number of carbonyl (C=O) groups excluding carboxylic acids is 3. The second-order valence-corrected chi connectivity index (χ2v) is 11.3. The molecule has 2 aliphatic heterocycles. The van der Waals surface area contributed by atoms with Crippen molar-refractivity contribution in [2.45, 2.75) is 42.1 Å². The van der Waals surface area contributed by atoms with E-state index in [4.69, 9.17) is 5.73 Å². The Labute approximate surface area is 220 Å². The zero-order valence-corrected chi connectivity index (χ0v) is 21.1. The Kier molecular flexibility index (Phi) is 6.10. The highest BCUT2D eigenvalue weighted by Gasteiger charge is 2.64. The van der Waals surface area contributed by atoms with Gasteiger partial charge in [-0.3, -0.25) is 14.4 Å². The number of fused-ring (bicyclic) bond motifs is 2. The lowest BCUT2D eigenvalue weighted by atomic mass is 9.95. The summed E-state index contributed by atoms with van der Waals surface area (Å²) < 4.78 is -0.758. The largest absolute Gasteiger partial charge is 0.508 e. The molecule has 1 aromatic carbocycles. The van der Waals surface area contributed by atoms with Gasteiger partial charge < -0.3 is 31.5 Å². The van der Waals surface area contributed by atoms with Crippen LogP contribution in [0.5, 0.6) is 5.75 Å². The Balaban J connectivity index is 1.41. The van der Waals surface area contributed by atoms with Crippen molar-refractivity contribution >= 4 is 52.2 Å². The predicted octanol–water partition coefficient (Wildman–Crippen LogP) is 1.02. The zero-order chi connectivity index (χ0) is 27.4. The molecule has 5 rings (SSSR count). The van der Waals surface area contributed by atoms with Crippen molar-refractivity contribution < 1.29 is 29.4 Å². The molecule has 0 aliphatic carbocycles. The van der Waals surface area contributed by atoms with Crippen LogP contribution in [0, 0.1) is 0 Å². The molecule has 13 heteroatoms. The summed E-state index contributed by atoms with van der Waals surface area (Å²) in [7, 11) is 0. The Bertz CT molecular complexity index is 1480. The number of rotatable bonds is 6. The van der Waals surface area contributed by atoms with Crippen LogP contribution in [-0.2, 0) is 14.4 Å². The fourth-order valence-corrected chi connectivity index (χ4v) is 6.41. The van der Waals surface area contributed by atoms with E-state index in [1.54, 1.807) is 32.2 Å². The van der Waals surface area contributed by atoms with Gasteiger partial charge in [-0.1, -0.05) is 12.1 Å². The van der Waals surface area contributed by atoms with Crippen LogP contribution in [-0.4, -0.2) is 71.0 Å². The lowest BCUT2D eigenvalue weighted by Gasteiger charge is -2.44.